The van der Waals surface area contributed by atoms with Crippen LogP contribution in [0.4, 0.5) is 10.6 Å². The smallest absolute Gasteiger partial charge is 0.410 e. The fourth-order valence-corrected chi connectivity index (χ4v) is 3.96. The Morgan fingerprint density at radius 1 is 1.39 bits per heavy atom. The molecule has 1 fully saturated rings. The number of likely N-dealkylation sites (tertiary alicyclic amines) is 1. The molecule has 0 saturated carbocycles. The van der Waals surface area contributed by atoms with Crippen LogP contribution in [-0.4, -0.2) is 48.1 Å². The lowest BCUT2D eigenvalue weighted by Gasteiger charge is -2.37. The van der Waals surface area contributed by atoms with Crippen molar-refractivity contribution >= 4 is 21.9 Å². The lowest BCUT2D eigenvalue weighted by Crippen LogP contribution is -2.49. The minimum absolute atomic E-state index is 0.121. The van der Waals surface area contributed by atoms with Crippen molar-refractivity contribution in [3.63, 3.8) is 0 Å². The number of anilines is 1. The summed E-state index contributed by atoms with van der Waals surface area (Å²) in [6.45, 7) is 10.4. The molecular formula is C19H32N4O4S. The van der Waals surface area contributed by atoms with Crippen molar-refractivity contribution in [3.8, 4) is 0 Å². The number of hydrogen-bond acceptors (Lipinski definition) is 6. The van der Waals surface area contributed by atoms with E-state index in [9.17, 15) is 13.2 Å². The standard InChI is InChI=1S/C19H32N4O4S/c1-18(2,3)27-17(24)23-14(11-12-19(23,4)5)8-7-13-21-15-9-6-10-16(22-15)28(20,25)26/h6,9-10,14H,7-8,11-13H2,1-5H3,(H,21,22)(H2,20,25,26). The zero-order chi connectivity index (χ0) is 21.2. The molecule has 3 N–H and O–H groups in total. The minimum atomic E-state index is -3.82. The second kappa shape index (κ2) is 8.24. The third kappa shape index (κ3) is 6.07. The van der Waals surface area contributed by atoms with E-state index in [1.54, 1.807) is 12.1 Å². The highest BCUT2D eigenvalue weighted by Crippen LogP contribution is 2.36. The molecule has 2 heterocycles. The molecule has 28 heavy (non-hydrogen) atoms. The number of carbonyl (C=O) groups excluding carboxylic acids is 1. The molecule has 8 nitrogen and oxygen atoms in total. The quantitative estimate of drug-likeness (QED) is 0.694. The SMILES string of the molecule is CC(C)(C)OC(=O)N1C(CCCNc2cccc(S(N)(=O)=O)n2)CCC1(C)C. The van der Waals surface area contributed by atoms with Gasteiger partial charge in [0, 0.05) is 18.1 Å². The summed E-state index contributed by atoms with van der Waals surface area (Å²) in [4.78, 5) is 18.6. The number of nitrogens with two attached hydrogens (primary N) is 1. The van der Waals surface area contributed by atoms with E-state index < -0.39 is 15.6 Å². The molecule has 1 aromatic rings. The zero-order valence-electron chi connectivity index (χ0n) is 17.4. The Morgan fingerprint density at radius 2 is 2.07 bits per heavy atom. The summed E-state index contributed by atoms with van der Waals surface area (Å²) in [5, 5.41) is 8.07. The number of ether oxygens (including phenoxy) is 1. The summed E-state index contributed by atoms with van der Waals surface area (Å²) in [6, 6.07) is 4.77. The van der Waals surface area contributed by atoms with Crippen molar-refractivity contribution in [2.45, 2.75) is 82.5 Å². The first kappa shape index (κ1) is 22.4. The van der Waals surface area contributed by atoms with Gasteiger partial charge >= 0.3 is 6.09 Å². The molecule has 0 bridgehead atoms. The van der Waals surface area contributed by atoms with Gasteiger partial charge in [0.25, 0.3) is 10.0 Å². The molecular weight excluding hydrogens is 380 g/mol. The van der Waals surface area contributed by atoms with Gasteiger partial charge in [-0.1, -0.05) is 6.07 Å². The fraction of sp³-hybridized carbons (Fsp3) is 0.684. The number of nitrogens with one attached hydrogen (secondary N) is 1. The Hall–Kier alpha value is -1.87. The molecule has 1 unspecified atom stereocenters. The van der Waals surface area contributed by atoms with Crippen molar-refractivity contribution in [1.29, 1.82) is 0 Å². The second-order valence-corrected chi connectivity index (χ2v) is 10.3. The maximum absolute atomic E-state index is 12.7. The highest BCUT2D eigenvalue weighted by molar-refractivity contribution is 7.89. The molecule has 1 saturated heterocycles. The number of pyridine rings is 1. The summed E-state index contributed by atoms with van der Waals surface area (Å²) < 4.78 is 28.4. The Bertz CT molecular complexity index is 802. The Balaban J connectivity index is 1.92. The van der Waals surface area contributed by atoms with Crippen LogP contribution in [0.3, 0.4) is 0 Å². The molecule has 1 aliphatic rings. The first-order chi connectivity index (χ1) is 12.8. The summed E-state index contributed by atoms with van der Waals surface area (Å²) in [5.41, 5.74) is -0.756. The van der Waals surface area contributed by atoms with Crippen LogP contribution < -0.4 is 10.5 Å². The number of carbonyl (C=O) groups is 1. The summed E-state index contributed by atoms with van der Waals surface area (Å²) in [5.74, 6) is 0.460. The second-order valence-electron chi connectivity index (χ2n) is 8.83. The summed E-state index contributed by atoms with van der Waals surface area (Å²) >= 11 is 0. The maximum atomic E-state index is 12.7. The average molecular weight is 413 g/mol. The van der Waals surface area contributed by atoms with Gasteiger partial charge in [0.15, 0.2) is 5.03 Å². The molecule has 1 aliphatic heterocycles. The van der Waals surface area contributed by atoms with Gasteiger partial charge in [-0.3, -0.25) is 0 Å². The number of hydrogen-bond donors (Lipinski definition) is 2. The normalized spacial score (nSPS) is 19.5. The van der Waals surface area contributed by atoms with Crippen LogP contribution in [0.15, 0.2) is 23.2 Å². The van der Waals surface area contributed by atoms with Gasteiger partial charge in [0.2, 0.25) is 0 Å². The van der Waals surface area contributed by atoms with Gasteiger partial charge < -0.3 is 15.0 Å². The van der Waals surface area contributed by atoms with Gasteiger partial charge in [0.1, 0.15) is 11.4 Å². The van der Waals surface area contributed by atoms with Crippen molar-refractivity contribution in [2.75, 3.05) is 11.9 Å². The van der Waals surface area contributed by atoms with E-state index in [0.717, 1.165) is 25.7 Å². The molecule has 1 amide bonds. The van der Waals surface area contributed by atoms with E-state index in [2.05, 4.69) is 24.1 Å². The van der Waals surface area contributed by atoms with Crippen molar-refractivity contribution in [1.82, 2.24) is 9.88 Å². The van der Waals surface area contributed by atoms with E-state index in [1.807, 2.05) is 25.7 Å². The van der Waals surface area contributed by atoms with Crippen LogP contribution in [0.1, 0.15) is 60.3 Å². The topological polar surface area (TPSA) is 115 Å². The molecule has 2 rings (SSSR count). The van der Waals surface area contributed by atoms with E-state index in [4.69, 9.17) is 9.88 Å². The van der Waals surface area contributed by atoms with Gasteiger partial charge in [-0.15, -0.1) is 0 Å². The molecule has 0 spiro atoms. The molecule has 1 atom stereocenters. The molecule has 9 heteroatoms. The molecule has 158 valence electrons. The number of aromatic nitrogens is 1. The highest BCUT2D eigenvalue weighted by Gasteiger charge is 2.43. The molecule has 0 radical (unpaired) electrons. The van der Waals surface area contributed by atoms with E-state index in [1.165, 1.54) is 6.07 Å². The largest absolute Gasteiger partial charge is 0.444 e. The van der Waals surface area contributed by atoms with E-state index in [0.29, 0.717) is 12.4 Å². The first-order valence-corrected chi connectivity index (χ1v) is 11.1. The molecule has 0 aliphatic carbocycles. The number of amides is 1. The lowest BCUT2D eigenvalue weighted by molar-refractivity contribution is 0.00295. The number of sulfonamides is 1. The Labute approximate surface area is 167 Å². The molecule has 0 aromatic carbocycles. The lowest BCUT2D eigenvalue weighted by atomic mass is 10.0. The van der Waals surface area contributed by atoms with Crippen molar-refractivity contribution in [3.05, 3.63) is 18.2 Å². The monoisotopic (exact) mass is 412 g/mol. The number of nitrogens with zero attached hydrogens (tertiary/aromatic N) is 2. The summed E-state index contributed by atoms with van der Waals surface area (Å²) in [7, 11) is -3.82. The van der Waals surface area contributed by atoms with Crippen LogP contribution in [0.5, 0.6) is 0 Å². The van der Waals surface area contributed by atoms with Crippen molar-refractivity contribution in [2.24, 2.45) is 5.14 Å². The van der Waals surface area contributed by atoms with E-state index >= 15 is 0 Å². The predicted octanol–water partition coefficient (Wildman–Crippen LogP) is 3.10. The zero-order valence-corrected chi connectivity index (χ0v) is 18.2. The third-order valence-electron chi connectivity index (χ3n) is 4.73. The summed E-state index contributed by atoms with van der Waals surface area (Å²) in [6.07, 6.45) is 3.23. The predicted molar refractivity (Wildman–Crippen MR) is 109 cm³/mol. The van der Waals surface area contributed by atoms with Gasteiger partial charge in [-0.05, 0) is 72.4 Å². The van der Waals surface area contributed by atoms with Crippen LogP contribution in [0, 0.1) is 0 Å². The highest BCUT2D eigenvalue weighted by atomic mass is 32.2. The fourth-order valence-electron chi connectivity index (χ4n) is 3.47. The number of primary sulfonamides is 1. The minimum Gasteiger partial charge on any atom is -0.444 e. The van der Waals surface area contributed by atoms with Gasteiger partial charge in [0.05, 0.1) is 0 Å². The van der Waals surface area contributed by atoms with Crippen molar-refractivity contribution < 1.29 is 17.9 Å². The van der Waals surface area contributed by atoms with Gasteiger partial charge in [-0.25, -0.2) is 23.3 Å². The van der Waals surface area contributed by atoms with Crippen LogP contribution in [0.2, 0.25) is 0 Å². The average Bonchev–Trinajstić information content (AvgIpc) is 2.84. The van der Waals surface area contributed by atoms with Crippen LogP contribution in [-0.2, 0) is 14.8 Å². The van der Waals surface area contributed by atoms with Gasteiger partial charge in [-0.2, -0.15) is 0 Å². The Kier molecular flexibility index (Phi) is 6.60. The third-order valence-corrected chi connectivity index (χ3v) is 5.54. The van der Waals surface area contributed by atoms with Crippen LogP contribution in [0.25, 0.3) is 0 Å². The number of rotatable bonds is 6. The van der Waals surface area contributed by atoms with Crippen LogP contribution >= 0.6 is 0 Å². The first-order valence-electron chi connectivity index (χ1n) is 9.56. The molecule has 1 aromatic heterocycles. The Morgan fingerprint density at radius 3 is 2.68 bits per heavy atom. The van der Waals surface area contributed by atoms with E-state index in [-0.39, 0.29) is 22.7 Å². The maximum Gasteiger partial charge on any atom is 0.410 e.